The van der Waals surface area contributed by atoms with Gasteiger partial charge in [0.25, 0.3) is 6.04 Å². The summed E-state index contributed by atoms with van der Waals surface area (Å²) in [4.78, 5) is 3.90. The van der Waals surface area contributed by atoms with Gasteiger partial charge in [-0.25, -0.2) is 8.42 Å². The maximum Gasteiger partial charge on any atom is 0.440 e. The Morgan fingerprint density at radius 2 is 1.60 bits per heavy atom. The Kier molecular flexibility index (Phi) is 4.24. The van der Waals surface area contributed by atoms with Crippen molar-refractivity contribution in [3.8, 4) is 0 Å². The molecule has 130 valence electrons. The molecule has 8 heteroatoms. The second-order valence-corrected chi connectivity index (χ2v) is 7.61. The van der Waals surface area contributed by atoms with Crippen LogP contribution < -0.4 is 0 Å². The first-order valence-corrected chi connectivity index (χ1v) is 9.20. The zero-order valence-corrected chi connectivity index (χ0v) is 13.9. The fourth-order valence-electron chi connectivity index (χ4n) is 2.46. The van der Waals surface area contributed by atoms with Gasteiger partial charge in [0, 0.05) is 6.26 Å². The number of sulfone groups is 1. The minimum Gasteiger partial charge on any atom is -0.224 e. The van der Waals surface area contributed by atoms with Gasteiger partial charge < -0.3 is 0 Å². The van der Waals surface area contributed by atoms with E-state index in [0.29, 0.717) is 11.3 Å². The molecule has 0 N–H and O–H groups in total. The number of hydrogen-bond acceptors (Lipinski definition) is 3. The summed E-state index contributed by atoms with van der Waals surface area (Å²) in [7, 11) is -3.38. The molecule has 0 fully saturated rings. The molecule has 0 aliphatic carbocycles. The molecule has 2 aromatic carbocycles. The molecule has 1 unspecified atom stereocenters. The van der Waals surface area contributed by atoms with Crippen LogP contribution in [0.15, 0.2) is 64.5 Å². The van der Waals surface area contributed by atoms with E-state index in [9.17, 15) is 21.6 Å². The van der Waals surface area contributed by atoms with Crippen molar-refractivity contribution in [3.05, 3.63) is 60.2 Å². The van der Waals surface area contributed by atoms with Gasteiger partial charge >= 0.3 is 12.0 Å². The van der Waals surface area contributed by atoms with Gasteiger partial charge in [-0.3, -0.25) is 0 Å². The van der Waals surface area contributed by atoms with Gasteiger partial charge in [-0.05, 0) is 36.4 Å². The highest BCUT2D eigenvalue weighted by Gasteiger charge is 2.49. The summed E-state index contributed by atoms with van der Waals surface area (Å²) in [6.45, 7) is 0. The van der Waals surface area contributed by atoms with E-state index in [1.165, 1.54) is 28.8 Å². The Hall–Kier alpha value is -2.48. The first-order chi connectivity index (χ1) is 11.7. The molecule has 0 bridgehead atoms. The third-order valence-corrected chi connectivity index (χ3v) is 4.82. The molecular weight excluding hydrogens is 353 g/mol. The molecular formula is C17H14F3N2O2S+. The minimum atomic E-state index is -4.50. The van der Waals surface area contributed by atoms with E-state index in [1.807, 2.05) is 0 Å². The lowest BCUT2D eigenvalue weighted by Crippen LogP contribution is -2.27. The Morgan fingerprint density at radius 3 is 2.12 bits per heavy atom. The number of halogens is 3. The molecule has 0 amide bonds. The molecule has 1 atom stereocenters. The molecule has 0 saturated carbocycles. The number of aliphatic imine (C=N–C) groups is 1. The molecule has 0 saturated heterocycles. The van der Waals surface area contributed by atoms with Crippen LogP contribution in [0.1, 0.15) is 5.56 Å². The van der Waals surface area contributed by atoms with E-state index >= 15 is 0 Å². The Balaban J connectivity index is 2.07. The van der Waals surface area contributed by atoms with Crippen molar-refractivity contribution in [2.45, 2.75) is 17.1 Å². The summed E-state index contributed by atoms with van der Waals surface area (Å²) in [6, 6.07) is 12.2. The summed E-state index contributed by atoms with van der Waals surface area (Å²) in [5, 5.41) is 0. The maximum absolute atomic E-state index is 13.1. The molecule has 3 rings (SSSR count). The Bertz CT molecular complexity index is 948. The molecule has 4 nitrogen and oxygen atoms in total. The highest BCUT2D eigenvalue weighted by molar-refractivity contribution is 7.90. The first kappa shape index (κ1) is 17.3. The second-order valence-electron chi connectivity index (χ2n) is 5.59. The van der Waals surface area contributed by atoms with Crippen molar-refractivity contribution in [2.75, 3.05) is 6.26 Å². The van der Waals surface area contributed by atoms with Crippen molar-refractivity contribution in [2.24, 2.45) is 4.99 Å². The molecule has 1 aliphatic rings. The lowest BCUT2D eigenvalue weighted by molar-refractivity contribution is -0.297. The SMILES string of the molecule is CS(=O)(=O)c1ccc([N+]2=CC(C(F)(F)F)N=C2c2ccccc2)cc1. The monoisotopic (exact) mass is 367 g/mol. The van der Waals surface area contributed by atoms with Crippen LogP contribution in [0.5, 0.6) is 0 Å². The number of rotatable bonds is 3. The van der Waals surface area contributed by atoms with Gasteiger partial charge in [-0.1, -0.05) is 23.2 Å². The van der Waals surface area contributed by atoms with E-state index in [-0.39, 0.29) is 10.7 Å². The summed E-state index contributed by atoms with van der Waals surface area (Å²) in [5.41, 5.74) is 0.944. The molecule has 0 aromatic heterocycles. The fourth-order valence-corrected chi connectivity index (χ4v) is 3.09. The molecule has 1 heterocycles. The Labute approximate surface area is 142 Å². The smallest absolute Gasteiger partial charge is 0.224 e. The van der Waals surface area contributed by atoms with Crippen LogP contribution >= 0.6 is 0 Å². The van der Waals surface area contributed by atoms with Crippen LogP contribution in [0.2, 0.25) is 0 Å². The van der Waals surface area contributed by atoms with Gasteiger partial charge in [0.15, 0.2) is 9.84 Å². The van der Waals surface area contributed by atoms with E-state index in [0.717, 1.165) is 12.5 Å². The van der Waals surface area contributed by atoms with Crippen molar-refractivity contribution >= 4 is 27.6 Å². The van der Waals surface area contributed by atoms with Crippen molar-refractivity contribution in [3.63, 3.8) is 0 Å². The van der Waals surface area contributed by atoms with Crippen LogP contribution in [-0.2, 0) is 9.84 Å². The average molecular weight is 367 g/mol. The van der Waals surface area contributed by atoms with Gasteiger partial charge in [-0.2, -0.15) is 17.7 Å². The molecule has 0 spiro atoms. The fraction of sp³-hybridized carbons (Fsp3) is 0.176. The van der Waals surface area contributed by atoms with Crippen LogP contribution in [0, 0.1) is 0 Å². The summed E-state index contributed by atoms with van der Waals surface area (Å²) >= 11 is 0. The molecule has 0 radical (unpaired) electrons. The third kappa shape index (κ3) is 3.63. The lowest BCUT2D eigenvalue weighted by atomic mass is 10.2. The predicted molar refractivity (Wildman–Crippen MR) is 88.4 cm³/mol. The van der Waals surface area contributed by atoms with Crippen molar-refractivity contribution in [1.29, 1.82) is 0 Å². The van der Waals surface area contributed by atoms with Gasteiger partial charge in [0.2, 0.25) is 0 Å². The van der Waals surface area contributed by atoms with Gasteiger partial charge in [-0.15, -0.1) is 0 Å². The zero-order valence-electron chi connectivity index (χ0n) is 13.1. The quantitative estimate of drug-likeness (QED) is 0.783. The third-order valence-electron chi connectivity index (χ3n) is 3.69. The van der Waals surface area contributed by atoms with Gasteiger partial charge in [0.1, 0.15) is 11.9 Å². The van der Waals surface area contributed by atoms with Crippen LogP contribution in [0.25, 0.3) is 0 Å². The minimum absolute atomic E-state index is 0.0982. The average Bonchev–Trinajstić information content (AvgIpc) is 3.00. The standard InChI is InChI=1S/C17H14F3N2O2S/c1-25(23,24)14-9-7-13(8-10-14)22-11-15(17(18,19)20)21-16(22)12-5-3-2-4-6-12/h2-11,15H,1H3/q+1. The molecule has 25 heavy (non-hydrogen) atoms. The maximum atomic E-state index is 13.1. The topological polar surface area (TPSA) is 49.5 Å². The highest BCUT2D eigenvalue weighted by Crippen LogP contribution is 2.28. The normalized spacial score (nSPS) is 18.0. The second kappa shape index (κ2) is 6.11. The Morgan fingerprint density at radius 1 is 1.00 bits per heavy atom. The van der Waals surface area contributed by atoms with Gasteiger partial charge in [0.05, 0.1) is 10.5 Å². The van der Waals surface area contributed by atoms with E-state index in [4.69, 9.17) is 0 Å². The summed E-state index contributed by atoms with van der Waals surface area (Å²) < 4.78 is 63.8. The van der Waals surface area contributed by atoms with Crippen LogP contribution in [0.3, 0.4) is 0 Å². The summed E-state index contributed by atoms with van der Waals surface area (Å²) in [6.07, 6.45) is -2.44. The number of hydrogen-bond donors (Lipinski definition) is 0. The predicted octanol–water partition coefficient (Wildman–Crippen LogP) is 3.20. The highest BCUT2D eigenvalue weighted by atomic mass is 32.2. The van der Waals surface area contributed by atoms with E-state index in [2.05, 4.69) is 4.99 Å². The zero-order chi connectivity index (χ0) is 18.2. The van der Waals surface area contributed by atoms with E-state index in [1.54, 1.807) is 30.3 Å². The number of amidine groups is 1. The largest absolute Gasteiger partial charge is 0.440 e. The number of benzene rings is 2. The number of nitrogens with zero attached hydrogens (tertiary/aromatic N) is 2. The van der Waals surface area contributed by atoms with Crippen molar-refractivity contribution < 1.29 is 26.2 Å². The molecule has 2 aromatic rings. The van der Waals surface area contributed by atoms with Crippen molar-refractivity contribution in [1.82, 2.24) is 0 Å². The summed E-state index contributed by atoms with van der Waals surface area (Å²) in [5.74, 6) is 0.162. The van der Waals surface area contributed by atoms with Crippen LogP contribution in [-0.4, -0.2) is 43.5 Å². The number of alkyl halides is 3. The lowest BCUT2D eigenvalue weighted by Gasteiger charge is -2.05. The van der Waals surface area contributed by atoms with E-state index < -0.39 is 22.1 Å². The molecule has 1 aliphatic heterocycles. The first-order valence-electron chi connectivity index (χ1n) is 7.30. The van der Waals surface area contributed by atoms with Crippen LogP contribution in [0.4, 0.5) is 18.9 Å².